The minimum absolute atomic E-state index is 0.0999. The third kappa shape index (κ3) is 5.91. The summed E-state index contributed by atoms with van der Waals surface area (Å²) in [4.78, 5) is 11.5. The van der Waals surface area contributed by atoms with Crippen LogP contribution < -0.4 is 0 Å². The van der Waals surface area contributed by atoms with E-state index in [1.54, 1.807) is 19.1 Å². The molecule has 15 heavy (non-hydrogen) atoms. The molecule has 0 saturated carbocycles. The van der Waals surface area contributed by atoms with Crippen molar-refractivity contribution in [1.82, 2.24) is 0 Å². The average Bonchev–Trinajstić information content (AvgIpc) is 2.22. The molecule has 0 unspecified atom stereocenters. The molecule has 0 amide bonds. The highest BCUT2D eigenvalue weighted by Crippen LogP contribution is 2.20. The van der Waals surface area contributed by atoms with Gasteiger partial charge in [0.15, 0.2) is 5.78 Å². The first-order valence-corrected chi connectivity index (χ1v) is 6.68. The number of halogens is 4. The van der Waals surface area contributed by atoms with Crippen LogP contribution in [0.2, 0.25) is 0 Å². The number of carbonyl (C=O) groups excluding carboxylic acids is 1. The molecule has 0 aliphatic heterocycles. The fraction of sp³-hybridized carbons (Fsp3) is 0.300. The van der Waals surface area contributed by atoms with Crippen LogP contribution in [-0.4, -0.2) is 9.52 Å². The van der Waals surface area contributed by atoms with E-state index in [4.69, 9.17) is 23.2 Å². The molecule has 0 aromatic heterocycles. The van der Waals surface area contributed by atoms with Gasteiger partial charge in [-0.15, -0.1) is 0 Å². The van der Waals surface area contributed by atoms with Gasteiger partial charge in [0.2, 0.25) is 0 Å². The van der Waals surface area contributed by atoms with Crippen LogP contribution in [0.1, 0.15) is 13.8 Å². The van der Waals surface area contributed by atoms with E-state index in [0.717, 1.165) is 5.57 Å². The number of allylic oxidation sites excluding steroid dienone is 5. The molecule has 0 bridgehead atoms. The molecule has 0 aliphatic carbocycles. The standard InChI is InChI=1S/C10H10Br2Cl2O/c1-6(5-13)3-4-8(14)7(2)9(15)10(11)12/h3-5,10H,1-2H3. The minimum atomic E-state index is -0.406. The van der Waals surface area contributed by atoms with E-state index in [-0.39, 0.29) is 5.78 Å². The normalized spacial score (nSPS) is 14.7. The van der Waals surface area contributed by atoms with Crippen molar-refractivity contribution in [3.8, 4) is 0 Å². The maximum atomic E-state index is 11.5. The van der Waals surface area contributed by atoms with Gasteiger partial charge in [0, 0.05) is 16.1 Å². The predicted molar refractivity (Wildman–Crippen MR) is 74.0 cm³/mol. The number of hydrogen-bond acceptors (Lipinski definition) is 1. The minimum Gasteiger partial charge on any atom is -0.292 e. The number of carbonyl (C=O) groups is 1. The summed E-state index contributed by atoms with van der Waals surface area (Å²) in [6, 6.07) is 0. The van der Waals surface area contributed by atoms with Gasteiger partial charge in [-0.2, -0.15) is 0 Å². The topological polar surface area (TPSA) is 17.1 Å². The van der Waals surface area contributed by atoms with Crippen molar-refractivity contribution in [2.24, 2.45) is 0 Å². The summed E-state index contributed by atoms with van der Waals surface area (Å²) in [6.45, 7) is 3.51. The van der Waals surface area contributed by atoms with Crippen molar-refractivity contribution in [3.63, 3.8) is 0 Å². The van der Waals surface area contributed by atoms with Crippen LogP contribution in [-0.2, 0) is 4.79 Å². The average molecular weight is 377 g/mol. The molecule has 0 fully saturated rings. The molecule has 0 aromatic rings. The molecule has 5 heteroatoms. The summed E-state index contributed by atoms with van der Waals surface area (Å²) in [5.41, 5.74) is 2.80. The molecule has 0 N–H and O–H groups in total. The van der Waals surface area contributed by atoms with Crippen molar-refractivity contribution >= 4 is 60.8 Å². The highest BCUT2D eigenvalue weighted by atomic mass is 79.9. The molecule has 0 rings (SSSR count). The Labute approximate surface area is 116 Å². The lowest BCUT2D eigenvalue weighted by atomic mass is 10.2. The smallest absolute Gasteiger partial charge is 0.184 e. The fourth-order valence-electron chi connectivity index (χ4n) is 0.647. The highest BCUT2D eigenvalue weighted by molar-refractivity contribution is 9.25. The monoisotopic (exact) mass is 374 g/mol. The van der Waals surface area contributed by atoms with E-state index in [0.29, 0.717) is 10.6 Å². The van der Waals surface area contributed by atoms with E-state index in [9.17, 15) is 4.79 Å². The molecule has 0 spiro atoms. The summed E-state index contributed by atoms with van der Waals surface area (Å²) >= 11 is 17.6. The van der Waals surface area contributed by atoms with Gasteiger partial charge in [0.1, 0.15) is 3.74 Å². The van der Waals surface area contributed by atoms with Crippen LogP contribution in [0.15, 0.2) is 33.9 Å². The zero-order chi connectivity index (χ0) is 12.0. The van der Waals surface area contributed by atoms with Gasteiger partial charge in [-0.25, -0.2) is 0 Å². The second kappa shape index (κ2) is 7.66. The number of rotatable bonds is 4. The highest BCUT2D eigenvalue weighted by Gasteiger charge is 2.14. The molecule has 0 aliphatic rings. The van der Waals surface area contributed by atoms with Crippen molar-refractivity contribution in [3.05, 3.63) is 33.9 Å². The molecule has 0 heterocycles. The van der Waals surface area contributed by atoms with Crippen molar-refractivity contribution in [1.29, 1.82) is 0 Å². The Hall–Kier alpha value is 0.430. The predicted octanol–water partition coefficient (Wildman–Crippen LogP) is 4.88. The lowest BCUT2D eigenvalue weighted by molar-refractivity contribution is -0.113. The number of hydrogen-bond donors (Lipinski definition) is 0. The van der Waals surface area contributed by atoms with E-state index in [1.165, 1.54) is 5.54 Å². The van der Waals surface area contributed by atoms with Crippen LogP contribution >= 0.6 is 55.1 Å². The first kappa shape index (κ1) is 15.4. The van der Waals surface area contributed by atoms with Crippen LogP contribution in [0.25, 0.3) is 0 Å². The maximum absolute atomic E-state index is 11.5. The van der Waals surface area contributed by atoms with Crippen LogP contribution in [0, 0.1) is 0 Å². The van der Waals surface area contributed by atoms with Crippen molar-refractivity contribution in [2.45, 2.75) is 17.6 Å². The SMILES string of the molecule is CC(C=CC(Cl)=C(C)C(=O)C(Br)Br)=CCl. The second-order valence-electron chi connectivity index (χ2n) is 2.82. The Bertz CT molecular complexity index is 330. The van der Waals surface area contributed by atoms with Crippen LogP contribution in [0.4, 0.5) is 0 Å². The lowest BCUT2D eigenvalue weighted by Gasteiger charge is -2.02. The Kier molecular flexibility index (Phi) is 7.88. The quantitative estimate of drug-likeness (QED) is 0.388. The zero-order valence-corrected chi connectivity index (χ0v) is 12.9. The second-order valence-corrected chi connectivity index (χ2v) is 6.51. The van der Waals surface area contributed by atoms with Gasteiger partial charge in [-0.1, -0.05) is 61.1 Å². The first-order valence-electron chi connectivity index (χ1n) is 4.04. The number of Topliss-reactive ketones (excluding diaryl/α,β-unsaturated/α-hetero) is 1. The Balaban J connectivity index is 4.81. The fourth-order valence-corrected chi connectivity index (χ4v) is 1.56. The van der Waals surface area contributed by atoms with Crippen molar-refractivity contribution < 1.29 is 4.79 Å². The molecule has 0 saturated heterocycles. The summed E-state index contributed by atoms with van der Waals surface area (Å²) in [7, 11) is 0. The summed E-state index contributed by atoms with van der Waals surface area (Å²) in [5.74, 6) is -0.0999. The molecular formula is C10H10Br2Cl2O. The van der Waals surface area contributed by atoms with Gasteiger partial charge in [0.25, 0.3) is 0 Å². The Morgan fingerprint density at radius 1 is 1.27 bits per heavy atom. The maximum Gasteiger partial charge on any atom is 0.184 e. The van der Waals surface area contributed by atoms with Gasteiger partial charge < -0.3 is 0 Å². The van der Waals surface area contributed by atoms with E-state index >= 15 is 0 Å². The first-order chi connectivity index (χ1) is 6.90. The van der Waals surface area contributed by atoms with E-state index in [1.807, 2.05) is 6.92 Å². The third-order valence-electron chi connectivity index (χ3n) is 1.59. The van der Waals surface area contributed by atoms with Gasteiger partial charge in [-0.05, 0) is 25.5 Å². The van der Waals surface area contributed by atoms with E-state index < -0.39 is 3.74 Å². The molecule has 0 aromatic carbocycles. The van der Waals surface area contributed by atoms with E-state index in [2.05, 4.69) is 31.9 Å². The van der Waals surface area contributed by atoms with Gasteiger partial charge in [0.05, 0.1) is 0 Å². The molecular weight excluding hydrogens is 367 g/mol. The molecule has 0 radical (unpaired) electrons. The Morgan fingerprint density at radius 3 is 2.20 bits per heavy atom. The molecule has 0 atom stereocenters. The van der Waals surface area contributed by atoms with Crippen LogP contribution in [0.3, 0.4) is 0 Å². The summed E-state index contributed by atoms with van der Waals surface area (Å²) < 4.78 is -0.406. The van der Waals surface area contributed by atoms with Gasteiger partial charge in [-0.3, -0.25) is 4.79 Å². The third-order valence-corrected chi connectivity index (χ3v) is 3.18. The van der Waals surface area contributed by atoms with Gasteiger partial charge >= 0.3 is 0 Å². The van der Waals surface area contributed by atoms with Crippen LogP contribution in [0.5, 0.6) is 0 Å². The summed E-state index contributed by atoms with van der Waals surface area (Å²) in [5, 5.41) is 0.404. The van der Waals surface area contributed by atoms with Crippen molar-refractivity contribution in [2.75, 3.05) is 0 Å². The zero-order valence-electron chi connectivity index (χ0n) is 8.23. The number of ketones is 1. The lowest BCUT2D eigenvalue weighted by Crippen LogP contribution is -2.08. The number of alkyl halides is 2. The summed E-state index contributed by atoms with van der Waals surface area (Å²) in [6.07, 6.45) is 3.38. The largest absolute Gasteiger partial charge is 0.292 e. The molecule has 84 valence electrons. The Morgan fingerprint density at radius 2 is 1.80 bits per heavy atom. The molecule has 1 nitrogen and oxygen atoms in total.